The zero-order valence-corrected chi connectivity index (χ0v) is 22.3. The number of rotatable bonds is 15. The van der Waals surface area contributed by atoms with E-state index in [0.29, 0.717) is 17.7 Å². The van der Waals surface area contributed by atoms with Gasteiger partial charge < -0.3 is 9.84 Å². The van der Waals surface area contributed by atoms with Crippen molar-refractivity contribution in [3.8, 4) is 17.2 Å². The van der Waals surface area contributed by atoms with Gasteiger partial charge >= 0.3 is 29.6 Å². The first-order chi connectivity index (χ1) is 14.9. The number of hydrogen-bond acceptors (Lipinski definition) is 4. The molecular weight excluding hydrogens is 435 g/mol. The van der Waals surface area contributed by atoms with Crippen LogP contribution in [0.3, 0.4) is 0 Å². The summed E-state index contributed by atoms with van der Waals surface area (Å²) >= 11 is 0. The first-order valence-corrected chi connectivity index (χ1v) is 12.9. The van der Waals surface area contributed by atoms with Gasteiger partial charge in [-0.25, -0.2) is 0 Å². The van der Waals surface area contributed by atoms with E-state index < -0.39 is 10.1 Å². The molecule has 0 unspecified atom stereocenters. The molecular formula is C25H35NaO5S. The maximum absolute atomic E-state index is 12.4. The standard InChI is InChI=1S/C25H36O5S.Na/c1-2-3-4-5-6-7-8-9-10-11-12-17-23-24(26)18-14-19-25(23)30-21-15-13-16-22(20-21)31(27,28)29;/h13-16,18-20,26H,2-12,17H2,1H3,(H,27,28,29);/q;+1/p-1. The summed E-state index contributed by atoms with van der Waals surface area (Å²) < 4.78 is 37.7. The van der Waals surface area contributed by atoms with E-state index in [9.17, 15) is 18.1 Å². The van der Waals surface area contributed by atoms with Gasteiger partial charge in [0.15, 0.2) is 0 Å². The Morgan fingerprint density at radius 3 is 2.00 bits per heavy atom. The second-order valence-corrected chi connectivity index (χ2v) is 9.49. The average molecular weight is 471 g/mol. The van der Waals surface area contributed by atoms with Crippen molar-refractivity contribution in [1.82, 2.24) is 0 Å². The van der Waals surface area contributed by atoms with E-state index in [1.165, 1.54) is 82.1 Å². The fourth-order valence-corrected chi connectivity index (χ4v) is 4.19. The van der Waals surface area contributed by atoms with Crippen molar-refractivity contribution < 1.29 is 52.4 Å². The minimum absolute atomic E-state index is 0. The predicted molar refractivity (Wildman–Crippen MR) is 122 cm³/mol. The largest absolute Gasteiger partial charge is 1.00 e. The van der Waals surface area contributed by atoms with Crippen LogP contribution in [-0.4, -0.2) is 13.0 Å². The Morgan fingerprint density at radius 1 is 0.844 bits per heavy atom. The molecule has 2 aromatic rings. The normalized spacial score (nSPS) is 11.2. The summed E-state index contributed by atoms with van der Waals surface area (Å²) in [5, 5.41) is 12.4. The summed E-state index contributed by atoms with van der Waals surface area (Å²) in [5.74, 6) is 0.628. The van der Waals surface area contributed by atoms with E-state index in [1.54, 1.807) is 18.2 Å². The van der Waals surface area contributed by atoms with Crippen molar-refractivity contribution in [3.63, 3.8) is 0 Å². The van der Waals surface area contributed by atoms with Gasteiger partial charge in [0, 0.05) is 6.07 Å². The molecule has 0 saturated heterocycles. The summed E-state index contributed by atoms with van der Waals surface area (Å²) in [5.41, 5.74) is 0.607. The van der Waals surface area contributed by atoms with E-state index in [0.717, 1.165) is 12.8 Å². The molecule has 0 bridgehead atoms. The molecule has 0 heterocycles. The van der Waals surface area contributed by atoms with Crippen molar-refractivity contribution >= 4 is 10.1 Å². The number of unbranched alkanes of at least 4 members (excludes halogenated alkanes) is 10. The van der Waals surface area contributed by atoms with Crippen LogP contribution in [0.25, 0.3) is 0 Å². The molecule has 2 aromatic carbocycles. The fraction of sp³-hybridized carbons (Fsp3) is 0.520. The molecule has 2 rings (SSSR count). The first kappa shape index (κ1) is 29.0. The Balaban J connectivity index is 0.00000512. The van der Waals surface area contributed by atoms with Crippen LogP contribution in [0.15, 0.2) is 47.4 Å². The van der Waals surface area contributed by atoms with Crippen LogP contribution >= 0.6 is 0 Å². The second kappa shape index (κ2) is 15.7. The van der Waals surface area contributed by atoms with Crippen LogP contribution in [0.5, 0.6) is 17.2 Å². The van der Waals surface area contributed by atoms with Crippen molar-refractivity contribution in [2.75, 3.05) is 0 Å². The summed E-state index contributed by atoms with van der Waals surface area (Å²) in [6.45, 7) is 2.24. The van der Waals surface area contributed by atoms with Crippen LogP contribution in [0.1, 0.15) is 83.1 Å². The minimum Gasteiger partial charge on any atom is -0.872 e. The molecule has 0 aromatic heterocycles. The molecule has 0 aliphatic heterocycles. The van der Waals surface area contributed by atoms with E-state index in [-0.39, 0.29) is 46.0 Å². The van der Waals surface area contributed by atoms with Gasteiger partial charge in [-0.05, 0) is 36.6 Å². The molecule has 0 saturated carbocycles. The van der Waals surface area contributed by atoms with Crippen LogP contribution in [-0.2, 0) is 16.5 Å². The molecule has 0 amide bonds. The quantitative estimate of drug-likeness (QED) is 0.244. The second-order valence-electron chi connectivity index (χ2n) is 8.07. The molecule has 0 aliphatic carbocycles. The number of ether oxygens (including phenoxy) is 1. The molecule has 0 radical (unpaired) electrons. The Bertz CT molecular complexity index is 899. The van der Waals surface area contributed by atoms with Gasteiger partial charge in [0.1, 0.15) is 11.5 Å². The van der Waals surface area contributed by atoms with Gasteiger partial charge in [-0.3, -0.25) is 4.55 Å². The Labute approximate surface area is 215 Å². The molecule has 1 N–H and O–H groups in total. The van der Waals surface area contributed by atoms with Gasteiger partial charge in [-0.15, -0.1) is 5.75 Å². The maximum atomic E-state index is 12.4. The van der Waals surface area contributed by atoms with E-state index in [2.05, 4.69) is 6.92 Å². The third kappa shape index (κ3) is 10.7. The molecule has 0 atom stereocenters. The van der Waals surface area contributed by atoms with Crippen LogP contribution in [0.4, 0.5) is 0 Å². The van der Waals surface area contributed by atoms with Crippen LogP contribution < -0.4 is 39.4 Å². The average Bonchev–Trinajstić information content (AvgIpc) is 2.73. The SMILES string of the molecule is CCCCCCCCCCCCCc1c([O-])cccc1Oc1cccc(S(=O)(=O)O)c1.[Na+]. The van der Waals surface area contributed by atoms with E-state index >= 15 is 0 Å². The van der Waals surface area contributed by atoms with Crippen molar-refractivity contribution in [1.29, 1.82) is 0 Å². The van der Waals surface area contributed by atoms with Gasteiger partial charge in [0.2, 0.25) is 0 Å². The zero-order valence-electron chi connectivity index (χ0n) is 19.5. The van der Waals surface area contributed by atoms with Crippen LogP contribution in [0, 0.1) is 0 Å². The Morgan fingerprint density at radius 2 is 1.41 bits per heavy atom. The van der Waals surface area contributed by atoms with Gasteiger partial charge in [0.25, 0.3) is 10.1 Å². The maximum Gasteiger partial charge on any atom is 1.00 e. The zero-order chi connectivity index (χ0) is 22.5. The van der Waals surface area contributed by atoms with Gasteiger partial charge in [-0.1, -0.05) is 89.3 Å². The minimum atomic E-state index is -4.31. The van der Waals surface area contributed by atoms with Crippen LogP contribution in [0.2, 0.25) is 0 Å². The number of hydrogen-bond donors (Lipinski definition) is 1. The molecule has 172 valence electrons. The van der Waals surface area contributed by atoms with E-state index in [4.69, 9.17) is 4.74 Å². The molecule has 0 aliphatic rings. The summed E-state index contributed by atoms with van der Waals surface area (Å²) in [6.07, 6.45) is 14.3. The summed E-state index contributed by atoms with van der Waals surface area (Å²) in [7, 11) is -4.31. The topological polar surface area (TPSA) is 86.7 Å². The molecule has 5 nitrogen and oxygen atoms in total. The molecule has 32 heavy (non-hydrogen) atoms. The molecule has 0 spiro atoms. The number of benzene rings is 2. The third-order valence-corrected chi connectivity index (χ3v) is 6.30. The molecule has 7 heteroatoms. The summed E-state index contributed by atoms with van der Waals surface area (Å²) in [4.78, 5) is -0.241. The molecule has 0 fully saturated rings. The van der Waals surface area contributed by atoms with Gasteiger partial charge in [0.05, 0.1) is 4.90 Å². The van der Waals surface area contributed by atoms with E-state index in [1.807, 2.05) is 0 Å². The predicted octanol–water partition coefficient (Wildman–Crippen LogP) is 3.66. The Kier molecular flexibility index (Phi) is 14.2. The fourth-order valence-electron chi connectivity index (χ4n) is 3.68. The Hall–Kier alpha value is -1.05. The first-order valence-electron chi connectivity index (χ1n) is 11.5. The smallest absolute Gasteiger partial charge is 0.872 e. The third-order valence-electron chi connectivity index (χ3n) is 5.45. The monoisotopic (exact) mass is 470 g/mol. The van der Waals surface area contributed by atoms with Gasteiger partial charge in [-0.2, -0.15) is 8.42 Å². The summed E-state index contributed by atoms with van der Waals surface area (Å²) in [6, 6.07) is 10.5. The van der Waals surface area contributed by atoms with Crippen molar-refractivity contribution in [3.05, 3.63) is 48.0 Å². The van der Waals surface area contributed by atoms with Crippen molar-refractivity contribution in [2.24, 2.45) is 0 Å². The van der Waals surface area contributed by atoms with Crippen molar-refractivity contribution in [2.45, 2.75) is 88.9 Å².